The molecule has 18 heavy (non-hydrogen) atoms. The van der Waals surface area contributed by atoms with Crippen LogP contribution in [0.25, 0.3) is 0 Å². The number of rotatable bonds is 6. The zero-order chi connectivity index (χ0) is 13.0. The van der Waals surface area contributed by atoms with Crippen molar-refractivity contribution in [3.05, 3.63) is 35.6 Å². The molecule has 1 aromatic carbocycles. The molecule has 1 saturated carbocycles. The molecule has 0 saturated heterocycles. The summed E-state index contributed by atoms with van der Waals surface area (Å²) in [6, 6.07) is 9.31. The standard InChI is InChI=1S/C14H18FN3/c15-12-4-2-11(3-5-12)14(10-17)18(9-1-8-16)13-6-7-13/h2-5,13-14H,1,6-7,9-10,17H2. The molecule has 1 unspecified atom stereocenters. The Kier molecular flexibility index (Phi) is 4.29. The summed E-state index contributed by atoms with van der Waals surface area (Å²) in [7, 11) is 0. The Morgan fingerprint density at radius 2 is 2.06 bits per heavy atom. The van der Waals surface area contributed by atoms with Crippen LogP contribution in [0.3, 0.4) is 0 Å². The lowest BCUT2D eigenvalue weighted by Gasteiger charge is -2.30. The van der Waals surface area contributed by atoms with Crippen LogP contribution in [0.5, 0.6) is 0 Å². The molecule has 0 radical (unpaired) electrons. The van der Waals surface area contributed by atoms with Gasteiger partial charge in [0.05, 0.1) is 6.07 Å². The number of nitrogens with zero attached hydrogens (tertiary/aromatic N) is 2. The second kappa shape index (κ2) is 5.94. The van der Waals surface area contributed by atoms with E-state index in [0.29, 0.717) is 19.0 Å². The SMILES string of the molecule is N#CCCN(C1CC1)C(CN)c1ccc(F)cc1. The van der Waals surface area contributed by atoms with Gasteiger partial charge in [-0.3, -0.25) is 4.90 Å². The van der Waals surface area contributed by atoms with Crippen LogP contribution in [-0.2, 0) is 0 Å². The largest absolute Gasteiger partial charge is 0.329 e. The molecule has 4 heteroatoms. The van der Waals surface area contributed by atoms with Crippen molar-refractivity contribution in [1.29, 1.82) is 5.26 Å². The summed E-state index contributed by atoms with van der Waals surface area (Å²) in [6.45, 7) is 1.23. The first kappa shape index (κ1) is 13.0. The predicted octanol–water partition coefficient (Wildman–Crippen LogP) is 2.20. The summed E-state index contributed by atoms with van der Waals surface area (Å²) in [5.74, 6) is -0.232. The third-order valence-electron chi connectivity index (χ3n) is 3.38. The van der Waals surface area contributed by atoms with Gasteiger partial charge in [-0.15, -0.1) is 0 Å². The van der Waals surface area contributed by atoms with E-state index in [-0.39, 0.29) is 11.9 Å². The van der Waals surface area contributed by atoms with Crippen LogP contribution in [0.4, 0.5) is 4.39 Å². The quantitative estimate of drug-likeness (QED) is 0.838. The van der Waals surface area contributed by atoms with Gasteiger partial charge in [-0.25, -0.2) is 4.39 Å². The number of hydrogen-bond donors (Lipinski definition) is 1. The Hall–Kier alpha value is -1.44. The molecule has 1 fully saturated rings. The molecule has 1 aromatic rings. The molecular weight excluding hydrogens is 229 g/mol. The minimum Gasteiger partial charge on any atom is -0.329 e. The van der Waals surface area contributed by atoms with Crippen molar-refractivity contribution in [2.45, 2.75) is 31.3 Å². The number of nitrogens with two attached hydrogens (primary N) is 1. The first-order valence-corrected chi connectivity index (χ1v) is 6.34. The molecule has 0 amide bonds. The van der Waals surface area contributed by atoms with E-state index >= 15 is 0 Å². The average Bonchev–Trinajstić information content (AvgIpc) is 3.20. The molecule has 0 bridgehead atoms. The van der Waals surface area contributed by atoms with Crippen molar-refractivity contribution >= 4 is 0 Å². The van der Waals surface area contributed by atoms with E-state index in [2.05, 4.69) is 11.0 Å². The first-order valence-electron chi connectivity index (χ1n) is 6.34. The number of hydrogen-bond acceptors (Lipinski definition) is 3. The third kappa shape index (κ3) is 3.06. The highest BCUT2D eigenvalue weighted by molar-refractivity contribution is 5.21. The van der Waals surface area contributed by atoms with Crippen LogP contribution in [0, 0.1) is 17.1 Å². The van der Waals surface area contributed by atoms with Crippen LogP contribution in [0.2, 0.25) is 0 Å². The molecule has 1 aliphatic carbocycles. The van der Waals surface area contributed by atoms with E-state index < -0.39 is 0 Å². The summed E-state index contributed by atoms with van der Waals surface area (Å²) in [5, 5.41) is 8.72. The summed E-state index contributed by atoms with van der Waals surface area (Å²) >= 11 is 0. The highest BCUT2D eigenvalue weighted by Gasteiger charge is 2.33. The van der Waals surface area contributed by atoms with Gasteiger partial charge in [-0.05, 0) is 30.5 Å². The fourth-order valence-corrected chi connectivity index (χ4v) is 2.33. The van der Waals surface area contributed by atoms with Gasteiger partial charge < -0.3 is 5.73 Å². The van der Waals surface area contributed by atoms with Gasteiger partial charge in [-0.1, -0.05) is 12.1 Å². The van der Waals surface area contributed by atoms with Crippen molar-refractivity contribution in [1.82, 2.24) is 4.90 Å². The topological polar surface area (TPSA) is 53.0 Å². The van der Waals surface area contributed by atoms with Crippen LogP contribution in [-0.4, -0.2) is 24.0 Å². The Morgan fingerprint density at radius 1 is 1.39 bits per heavy atom. The van der Waals surface area contributed by atoms with Crippen LogP contribution < -0.4 is 5.73 Å². The molecule has 1 atom stereocenters. The maximum absolute atomic E-state index is 12.9. The lowest BCUT2D eigenvalue weighted by Crippen LogP contribution is -2.36. The maximum atomic E-state index is 12.9. The Morgan fingerprint density at radius 3 is 2.56 bits per heavy atom. The summed E-state index contributed by atoms with van der Waals surface area (Å²) in [5.41, 5.74) is 6.89. The number of nitriles is 1. The summed E-state index contributed by atoms with van der Waals surface area (Å²) in [4.78, 5) is 2.29. The zero-order valence-corrected chi connectivity index (χ0v) is 10.3. The fraction of sp³-hybridized carbons (Fsp3) is 0.500. The van der Waals surface area contributed by atoms with Gasteiger partial charge in [0.1, 0.15) is 5.82 Å². The van der Waals surface area contributed by atoms with Gasteiger partial charge >= 0.3 is 0 Å². The minimum absolute atomic E-state index is 0.0893. The molecule has 2 N–H and O–H groups in total. The molecule has 2 rings (SSSR count). The number of benzene rings is 1. The Bertz CT molecular complexity index is 420. The smallest absolute Gasteiger partial charge is 0.123 e. The van der Waals surface area contributed by atoms with E-state index in [0.717, 1.165) is 12.1 Å². The van der Waals surface area contributed by atoms with E-state index in [1.165, 1.54) is 25.0 Å². The molecule has 0 spiro atoms. The summed E-state index contributed by atoms with van der Waals surface area (Å²) in [6.07, 6.45) is 2.85. The lowest BCUT2D eigenvalue weighted by atomic mass is 10.0. The van der Waals surface area contributed by atoms with Gasteiger partial charge in [0.15, 0.2) is 0 Å². The molecular formula is C14H18FN3. The molecule has 96 valence electrons. The van der Waals surface area contributed by atoms with Crippen molar-refractivity contribution in [3.63, 3.8) is 0 Å². The zero-order valence-electron chi connectivity index (χ0n) is 10.3. The maximum Gasteiger partial charge on any atom is 0.123 e. The molecule has 0 heterocycles. The van der Waals surface area contributed by atoms with E-state index in [4.69, 9.17) is 11.0 Å². The first-order chi connectivity index (χ1) is 8.76. The minimum atomic E-state index is -0.232. The number of halogens is 1. The molecule has 3 nitrogen and oxygen atoms in total. The normalized spacial score (nSPS) is 16.6. The van der Waals surface area contributed by atoms with E-state index in [9.17, 15) is 4.39 Å². The fourth-order valence-electron chi connectivity index (χ4n) is 2.33. The lowest BCUT2D eigenvalue weighted by molar-refractivity contribution is 0.195. The van der Waals surface area contributed by atoms with E-state index in [1.54, 1.807) is 12.1 Å². The third-order valence-corrected chi connectivity index (χ3v) is 3.38. The predicted molar refractivity (Wildman–Crippen MR) is 68.2 cm³/mol. The second-order valence-electron chi connectivity index (χ2n) is 4.68. The molecule has 0 aromatic heterocycles. The second-order valence-corrected chi connectivity index (χ2v) is 4.68. The van der Waals surface area contributed by atoms with E-state index in [1.807, 2.05) is 0 Å². The summed E-state index contributed by atoms with van der Waals surface area (Å²) < 4.78 is 12.9. The van der Waals surface area contributed by atoms with Gasteiger partial charge in [0.25, 0.3) is 0 Å². The highest BCUT2D eigenvalue weighted by atomic mass is 19.1. The molecule has 0 aliphatic heterocycles. The van der Waals surface area contributed by atoms with Gasteiger partial charge in [0, 0.05) is 31.6 Å². The molecule has 1 aliphatic rings. The van der Waals surface area contributed by atoms with Crippen molar-refractivity contribution < 1.29 is 4.39 Å². The Labute approximate surface area is 107 Å². The van der Waals surface area contributed by atoms with Crippen LogP contribution in [0.15, 0.2) is 24.3 Å². The van der Waals surface area contributed by atoms with Gasteiger partial charge in [0.2, 0.25) is 0 Å². The Balaban J connectivity index is 2.14. The van der Waals surface area contributed by atoms with Crippen LogP contribution in [0.1, 0.15) is 30.9 Å². The van der Waals surface area contributed by atoms with Crippen LogP contribution >= 0.6 is 0 Å². The van der Waals surface area contributed by atoms with Gasteiger partial charge in [-0.2, -0.15) is 5.26 Å². The monoisotopic (exact) mass is 247 g/mol. The van der Waals surface area contributed by atoms with Crippen molar-refractivity contribution in [3.8, 4) is 6.07 Å². The average molecular weight is 247 g/mol. The van der Waals surface area contributed by atoms with Crippen molar-refractivity contribution in [2.24, 2.45) is 5.73 Å². The highest BCUT2D eigenvalue weighted by Crippen LogP contribution is 2.34. The van der Waals surface area contributed by atoms with Crippen molar-refractivity contribution in [2.75, 3.05) is 13.1 Å².